The third kappa shape index (κ3) is 12.5. The van der Waals surface area contributed by atoms with Gasteiger partial charge in [0.1, 0.15) is 12.1 Å². The van der Waals surface area contributed by atoms with Crippen molar-refractivity contribution in [2.45, 2.75) is 69.5 Å². The third-order valence-corrected chi connectivity index (χ3v) is 9.28. The highest BCUT2D eigenvalue weighted by Gasteiger charge is 2.39. The van der Waals surface area contributed by atoms with Gasteiger partial charge in [0.05, 0.1) is 11.9 Å². The second-order valence-corrected chi connectivity index (χ2v) is 13.3. The van der Waals surface area contributed by atoms with E-state index in [9.17, 15) is 40.7 Å². The van der Waals surface area contributed by atoms with Gasteiger partial charge in [0.2, 0.25) is 17.7 Å². The van der Waals surface area contributed by atoms with Gasteiger partial charge in [-0.05, 0) is 54.1 Å². The smallest absolute Gasteiger partial charge is 0.475 e. The number of alkyl halides is 6. The summed E-state index contributed by atoms with van der Waals surface area (Å²) in [5, 5.41) is 23.1. The number of anilines is 1. The zero-order chi connectivity index (χ0) is 41.1. The van der Waals surface area contributed by atoms with Gasteiger partial charge in [-0.25, -0.2) is 14.6 Å². The van der Waals surface area contributed by atoms with E-state index in [1.165, 1.54) is 0 Å². The number of hydrogen-bond acceptors (Lipinski definition) is 8. The van der Waals surface area contributed by atoms with E-state index in [4.69, 9.17) is 25.5 Å². The van der Waals surface area contributed by atoms with E-state index >= 15 is 0 Å². The van der Waals surface area contributed by atoms with Gasteiger partial charge in [-0.15, -0.1) is 11.3 Å². The zero-order valence-electron chi connectivity index (χ0n) is 29.4. The number of hydrogen-bond donors (Lipinski definition) is 5. The molecular formula is C35H38F6N6O7S. The van der Waals surface area contributed by atoms with Crippen LogP contribution in [0.1, 0.15) is 50.3 Å². The first kappa shape index (κ1) is 43.9. The molecule has 2 unspecified atom stereocenters. The van der Waals surface area contributed by atoms with Crippen LogP contribution in [0.15, 0.2) is 72.5 Å². The number of thiophene rings is 1. The number of carboxylic acids is 2. The average molecular weight is 801 g/mol. The van der Waals surface area contributed by atoms with Crippen LogP contribution in [0.2, 0.25) is 0 Å². The predicted octanol–water partition coefficient (Wildman–Crippen LogP) is 5.37. The third-order valence-electron chi connectivity index (χ3n) is 8.26. The Balaban J connectivity index is 0.000000494. The molecule has 0 bridgehead atoms. The van der Waals surface area contributed by atoms with Gasteiger partial charge in [-0.2, -0.15) is 26.3 Å². The quantitative estimate of drug-likeness (QED) is 0.131. The summed E-state index contributed by atoms with van der Waals surface area (Å²) in [6.45, 7) is 4.95. The largest absolute Gasteiger partial charge is 0.490 e. The SMILES string of the molecule is CCC(C)(N)C(=O)N[C@H](Cc1csc2ccccc12)C(=O)Nc1cn(C(C(=O)N2CCCC2)c2ccccc2)cn1.O=C(O)C(F)(F)F.O=C(O)C(F)(F)F. The van der Waals surface area contributed by atoms with Crippen molar-refractivity contribution >= 4 is 56.9 Å². The first-order valence-corrected chi connectivity index (χ1v) is 17.4. The molecule has 55 heavy (non-hydrogen) atoms. The Kier molecular flexibility index (Phi) is 14.9. The van der Waals surface area contributed by atoms with Crippen LogP contribution in [0, 0.1) is 0 Å². The van der Waals surface area contributed by atoms with Crippen LogP contribution in [0.4, 0.5) is 32.2 Å². The number of nitrogens with one attached hydrogen (secondary N) is 2. The molecule has 13 nitrogen and oxygen atoms in total. The average Bonchev–Trinajstić information content (AvgIpc) is 3.91. The van der Waals surface area contributed by atoms with Crippen molar-refractivity contribution in [1.29, 1.82) is 0 Å². The zero-order valence-corrected chi connectivity index (χ0v) is 30.2. The maximum absolute atomic E-state index is 13.6. The van der Waals surface area contributed by atoms with Gasteiger partial charge in [-0.1, -0.05) is 55.5 Å². The van der Waals surface area contributed by atoms with E-state index in [-0.39, 0.29) is 5.91 Å². The summed E-state index contributed by atoms with van der Waals surface area (Å²) >= 11 is 1.60. The topological polar surface area (TPSA) is 197 Å². The summed E-state index contributed by atoms with van der Waals surface area (Å²) in [5.41, 5.74) is 6.90. The van der Waals surface area contributed by atoms with Crippen molar-refractivity contribution < 1.29 is 60.5 Å². The van der Waals surface area contributed by atoms with Crippen molar-refractivity contribution in [2.24, 2.45) is 5.73 Å². The fraction of sp³-hybridized carbons (Fsp3) is 0.371. The number of aliphatic carboxylic acids is 2. The Hall–Kier alpha value is -5.50. The number of fused-ring (bicyclic) bond motifs is 1. The van der Waals surface area contributed by atoms with Crippen LogP contribution in [0.5, 0.6) is 0 Å². The second-order valence-electron chi connectivity index (χ2n) is 12.4. The van der Waals surface area contributed by atoms with Gasteiger partial charge < -0.3 is 36.0 Å². The lowest BCUT2D eigenvalue weighted by Crippen LogP contribution is -2.56. The lowest BCUT2D eigenvalue weighted by atomic mass is 9.97. The summed E-state index contributed by atoms with van der Waals surface area (Å²) in [6, 6.07) is 16.1. The first-order valence-electron chi connectivity index (χ1n) is 16.5. The Bertz CT molecular complexity index is 1920. The molecular weight excluding hydrogens is 762 g/mol. The van der Waals surface area contributed by atoms with Crippen LogP contribution < -0.4 is 16.4 Å². The minimum atomic E-state index is -5.08. The van der Waals surface area contributed by atoms with Crippen molar-refractivity contribution in [1.82, 2.24) is 19.8 Å². The van der Waals surface area contributed by atoms with Crippen LogP contribution in [0.3, 0.4) is 0 Å². The normalized spacial score (nSPS) is 15.0. The van der Waals surface area contributed by atoms with E-state index in [0.29, 0.717) is 18.7 Å². The highest BCUT2D eigenvalue weighted by molar-refractivity contribution is 7.17. The molecule has 1 fully saturated rings. The molecule has 3 heterocycles. The molecule has 4 aromatic rings. The predicted molar refractivity (Wildman–Crippen MR) is 189 cm³/mol. The Morgan fingerprint density at radius 2 is 1.45 bits per heavy atom. The summed E-state index contributed by atoms with van der Waals surface area (Å²) < 4.78 is 66.3. The number of nitrogens with zero attached hydrogens (tertiary/aromatic N) is 3. The number of imidazole rings is 1. The molecule has 0 saturated carbocycles. The molecule has 298 valence electrons. The number of likely N-dealkylation sites (tertiary alicyclic amines) is 1. The number of halogens is 6. The number of benzene rings is 2. The standard InChI is InChI=1S/C31H36N6O3S.2C2HF3O2/c1-3-31(2,32)30(40)34-24(17-22-19-41-25-14-8-7-13-23(22)25)28(38)35-26-18-37(20-33-26)27(21-11-5-4-6-12-21)29(39)36-15-9-10-16-36;2*3-2(4,5)1(6)7/h4-8,11-14,18-20,24,27H,3,9-10,15-17,32H2,1-2H3,(H,34,40)(H,35,38);2*(H,6,7)/t24-,27?,31?;;/m1../s1. The van der Waals surface area contributed by atoms with Gasteiger partial charge in [0, 0.05) is 30.4 Å². The molecule has 5 rings (SSSR count). The van der Waals surface area contributed by atoms with Crippen LogP contribution in [-0.4, -0.2) is 91.3 Å². The highest BCUT2D eigenvalue weighted by atomic mass is 32.1. The number of nitrogens with two attached hydrogens (primary N) is 1. The number of amides is 3. The highest BCUT2D eigenvalue weighted by Crippen LogP contribution is 2.28. The minimum Gasteiger partial charge on any atom is -0.475 e. The van der Waals surface area contributed by atoms with Crippen LogP contribution in [0.25, 0.3) is 10.1 Å². The van der Waals surface area contributed by atoms with Gasteiger partial charge in [-0.3, -0.25) is 14.4 Å². The number of carbonyl (C=O) groups is 5. The second kappa shape index (κ2) is 18.7. The van der Waals surface area contributed by atoms with E-state index in [2.05, 4.69) is 15.6 Å². The van der Waals surface area contributed by atoms with Crippen molar-refractivity contribution in [3.63, 3.8) is 0 Å². The molecule has 1 aliphatic heterocycles. The molecule has 0 spiro atoms. The molecule has 3 amide bonds. The van der Waals surface area contributed by atoms with E-state index in [0.717, 1.165) is 47.1 Å². The number of aromatic nitrogens is 2. The van der Waals surface area contributed by atoms with Gasteiger partial charge >= 0.3 is 24.3 Å². The number of carboxylic acid groups (broad SMARTS) is 2. The van der Waals surface area contributed by atoms with E-state index < -0.39 is 53.7 Å². The maximum Gasteiger partial charge on any atom is 0.490 e. The summed E-state index contributed by atoms with van der Waals surface area (Å²) in [4.78, 5) is 64.3. The van der Waals surface area contributed by atoms with Crippen LogP contribution in [-0.2, 0) is 30.4 Å². The molecule has 0 radical (unpaired) electrons. The number of carbonyl (C=O) groups excluding carboxylic acids is 3. The molecule has 1 saturated heterocycles. The van der Waals surface area contributed by atoms with Gasteiger partial charge in [0.15, 0.2) is 5.82 Å². The Morgan fingerprint density at radius 1 is 0.909 bits per heavy atom. The van der Waals surface area contributed by atoms with E-state index in [1.54, 1.807) is 35.4 Å². The lowest BCUT2D eigenvalue weighted by molar-refractivity contribution is -0.193. The maximum atomic E-state index is 13.6. The van der Waals surface area contributed by atoms with Crippen molar-refractivity contribution in [2.75, 3.05) is 18.4 Å². The van der Waals surface area contributed by atoms with Crippen molar-refractivity contribution in [3.05, 3.63) is 83.6 Å². The van der Waals surface area contributed by atoms with Crippen LogP contribution >= 0.6 is 11.3 Å². The molecule has 20 heteroatoms. The monoisotopic (exact) mass is 800 g/mol. The molecule has 2 aromatic heterocycles. The summed E-state index contributed by atoms with van der Waals surface area (Å²) in [7, 11) is 0. The lowest BCUT2D eigenvalue weighted by Gasteiger charge is -2.26. The fourth-order valence-electron chi connectivity index (χ4n) is 5.05. The van der Waals surface area contributed by atoms with Crippen molar-refractivity contribution in [3.8, 4) is 0 Å². The Labute approximate surface area is 314 Å². The molecule has 0 aliphatic carbocycles. The first-order chi connectivity index (χ1) is 25.6. The van der Waals surface area contributed by atoms with E-state index in [1.807, 2.05) is 71.8 Å². The fourth-order valence-corrected chi connectivity index (χ4v) is 6.02. The molecule has 6 N–H and O–H groups in total. The molecule has 2 aromatic carbocycles. The number of rotatable bonds is 10. The molecule has 3 atom stereocenters. The minimum absolute atomic E-state index is 0.000231. The Morgan fingerprint density at radius 3 is 2.00 bits per heavy atom. The summed E-state index contributed by atoms with van der Waals surface area (Å²) in [5.74, 6) is -6.02. The van der Waals surface area contributed by atoms with Gasteiger partial charge in [0.25, 0.3) is 0 Å². The summed E-state index contributed by atoms with van der Waals surface area (Å²) in [6.07, 6.45) is -4.24. The molecule has 1 aliphatic rings.